The Labute approximate surface area is 129 Å². The van der Waals surface area contributed by atoms with Gasteiger partial charge in [0.1, 0.15) is 5.70 Å². The quantitative estimate of drug-likeness (QED) is 0.275. The zero-order valence-corrected chi connectivity index (χ0v) is 13.2. The molecule has 0 rings (SSSR count). The van der Waals surface area contributed by atoms with Gasteiger partial charge in [0.25, 0.3) is 0 Å². The molecule has 0 unspecified atom stereocenters. The topological polar surface area (TPSA) is 61.4 Å². The number of halogens is 3. The number of allylic oxidation sites excluding steroid dienone is 1. The maximum Gasteiger partial charge on any atom is 0.404 e. The SMILES string of the molecule is CCCCCCCCCCOC(=O)/C(NC)=C(\[O-])C(F)(F)F. The van der Waals surface area contributed by atoms with Crippen molar-refractivity contribution in [2.75, 3.05) is 13.7 Å². The van der Waals surface area contributed by atoms with Gasteiger partial charge in [-0.05, 0) is 6.42 Å². The molecule has 0 radical (unpaired) electrons. The molecule has 0 saturated carbocycles. The zero-order chi connectivity index (χ0) is 17.0. The summed E-state index contributed by atoms with van der Waals surface area (Å²) in [6.45, 7) is 2.17. The number of alkyl halides is 3. The third kappa shape index (κ3) is 8.79. The van der Waals surface area contributed by atoms with Crippen LogP contribution < -0.4 is 10.4 Å². The monoisotopic (exact) mass is 324 g/mol. The van der Waals surface area contributed by atoms with Crippen molar-refractivity contribution in [3.8, 4) is 0 Å². The molecule has 0 aliphatic carbocycles. The predicted molar refractivity (Wildman–Crippen MR) is 75.7 cm³/mol. The van der Waals surface area contributed by atoms with Gasteiger partial charge in [0.05, 0.1) is 6.61 Å². The van der Waals surface area contributed by atoms with E-state index in [2.05, 4.69) is 6.92 Å². The van der Waals surface area contributed by atoms with Crippen molar-refractivity contribution in [2.45, 2.75) is 64.5 Å². The number of carbonyl (C=O) groups excluding carboxylic acids is 1. The largest absolute Gasteiger partial charge is 0.868 e. The zero-order valence-electron chi connectivity index (χ0n) is 13.2. The Hall–Kier alpha value is -1.40. The van der Waals surface area contributed by atoms with Gasteiger partial charge in [-0.3, -0.25) is 0 Å². The average Bonchev–Trinajstić information content (AvgIpc) is 2.45. The summed E-state index contributed by atoms with van der Waals surface area (Å²) in [5, 5.41) is 12.9. The molecule has 0 atom stereocenters. The molecule has 0 aromatic heterocycles. The maximum atomic E-state index is 12.2. The predicted octanol–water partition coefficient (Wildman–Crippen LogP) is 3.02. The summed E-state index contributed by atoms with van der Waals surface area (Å²) in [7, 11) is 1.08. The lowest BCUT2D eigenvalue weighted by atomic mass is 10.1. The highest BCUT2D eigenvalue weighted by atomic mass is 19.4. The molecular formula is C15H25F3NO3-. The van der Waals surface area contributed by atoms with Gasteiger partial charge >= 0.3 is 12.1 Å². The van der Waals surface area contributed by atoms with Crippen LogP contribution in [0.2, 0.25) is 0 Å². The molecule has 4 nitrogen and oxygen atoms in total. The molecule has 7 heteroatoms. The van der Waals surface area contributed by atoms with E-state index in [4.69, 9.17) is 4.74 Å². The highest BCUT2D eigenvalue weighted by molar-refractivity contribution is 5.88. The molecule has 0 heterocycles. The number of nitrogens with one attached hydrogen (secondary N) is 1. The number of hydrogen-bond acceptors (Lipinski definition) is 4. The van der Waals surface area contributed by atoms with Crippen LogP contribution in [-0.4, -0.2) is 25.8 Å². The van der Waals surface area contributed by atoms with Crippen molar-refractivity contribution in [3.63, 3.8) is 0 Å². The Kier molecular flexibility index (Phi) is 10.5. The summed E-state index contributed by atoms with van der Waals surface area (Å²) < 4.78 is 41.4. The Balaban J connectivity index is 3.94. The Morgan fingerprint density at radius 2 is 1.55 bits per heavy atom. The number of carbonyl (C=O) groups is 1. The van der Waals surface area contributed by atoms with Gasteiger partial charge in [-0.2, -0.15) is 13.2 Å². The number of ether oxygens (including phenoxy) is 1. The van der Waals surface area contributed by atoms with Crippen LogP contribution >= 0.6 is 0 Å². The van der Waals surface area contributed by atoms with Crippen molar-refractivity contribution in [1.29, 1.82) is 0 Å². The molecule has 0 amide bonds. The van der Waals surface area contributed by atoms with E-state index in [0.717, 1.165) is 26.3 Å². The van der Waals surface area contributed by atoms with Gasteiger partial charge in [0, 0.05) is 12.8 Å². The van der Waals surface area contributed by atoms with Gasteiger partial charge in [-0.25, -0.2) is 4.79 Å². The molecule has 0 saturated heterocycles. The average molecular weight is 324 g/mol. The van der Waals surface area contributed by atoms with Crippen LogP contribution in [0.15, 0.2) is 11.5 Å². The van der Waals surface area contributed by atoms with Gasteiger partial charge in [0.2, 0.25) is 0 Å². The van der Waals surface area contributed by atoms with E-state index >= 15 is 0 Å². The van der Waals surface area contributed by atoms with Gasteiger partial charge < -0.3 is 15.2 Å². The van der Waals surface area contributed by atoms with Gasteiger partial charge in [0.15, 0.2) is 0 Å². The second-order valence-corrected chi connectivity index (χ2v) is 5.06. The molecule has 0 aliphatic heterocycles. The highest BCUT2D eigenvalue weighted by Crippen LogP contribution is 2.23. The second-order valence-electron chi connectivity index (χ2n) is 5.06. The highest BCUT2D eigenvalue weighted by Gasteiger charge is 2.31. The summed E-state index contributed by atoms with van der Waals surface area (Å²) in [6, 6.07) is 0. The van der Waals surface area contributed by atoms with E-state index in [1.165, 1.54) is 25.7 Å². The number of likely N-dealkylation sites (N-methyl/N-ethyl adjacent to an activating group) is 1. The fourth-order valence-electron chi connectivity index (χ4n) is 1.92. The second kappa shape index (κ2) is 11.2. The minimum atomic E-state index is -5.09. The molecule has 1 N–H and O–H groups in total. The summed E-state index contributed by atoms with van der Waals surface area (Å²) in [6.07, 6.45) is 3.26. The van der Waals surface area contributed by atoms with E-state index in [-0.39, 0.29) is 6.61 Å². The van der Waals surface area contributed by atoms with Crippen LogP contribution in [0.4, 0.5) is 13.2 Å². The molecule has 0 aromatic rings. The van der Waals surface area contributed by atoms with Crippen molar-refractivity contribution in [3.05, 3.63) is 11.5 Å². The minimum absolute atomic E-state index is 0.0180. The number of hydrogen-bond donors (Lipinski definition) is 1. The van der Waals surface area contributed by atoms with Crippen molar-refractivity contribution < 1.29 is 27.8 Å². The van der Waals surface area contributed by atoms with Crippen LogP contribution in [-0.2, 0) is 9.53 Å². The van der Waals surface area contributed by atoms with E-state index in [1.807, 2.05) is 5.32 Å². The summed E-state index contributed by atoms with van der Waals surface area (Å²) in [5.41, 5.74) is -1.08. The van der Waals surface area contributed by atoms with Crippen LogP contribution in [0, 0.1) is 0 Å². The van der Waals surface area contributed by atoms with E-state index < -0.39 is 23.6 Å². The molecule has 0 aliphatic rings. The van der Waals surface area contributed by atoms with Gasteiger partial charge in [-0.1, -0.05) is 51.9 Å². The third-order valence-electron chi connectivity index (χ3n) is 3.17. The first-order valence-electron chi connectivity index (χ1n) is 7.68. The lowest BCUT2D eigenvalue weighted by Crippen LogP contribution is -2.33. The normalized spacial score (nSPS) is 12.8. The fourth-order valence-corrected chi connectivity index (χ4v) is 1.92. The first-order valence-corrected chi connectivity index (χ1v) is 7.68. The molecular weight excluding hydrogens is 299 g/mol. The fraction of sp³-hybridized carbons (Fsp3) is 0.800. The first kappa shape index (κ1) is 20.6. The van der Waals surface area contributed by atoms with Crippen LogP contribution in [0.5, 0.6) is 0 Å². The Bertz CT molecular complexity index is 354. The lowest BCUT2D eigenvalue weighted by molar-refractivity contribution is -0.362. The molecule has 0 spiro atoms. The third-order valence-corrected chi connectivity index (χ3v) is 3.17. The number of esters is 1. The molecule has 130 valence electrons. The smallest absolute Gasteiger partial charge is 0.404 e. The number of unbranched alkanes of at least 4 members (excludes halogenated alkanes) is 7. The van der Waals surface area contributed by atoms with Gasteiger partial charge in [-0.15, -0.1) is 0 Å². The number of rotatable bonds is 11. The molecule has 22 heavy (non-hydrogen) atoms. The lowest BCUT2D eigenvalue weighted by Gasteiger charge is -2.20. The molecule has 0 aromatic carbocycles. The Morgan fingerprint density at radius 3 is 2.00 bits per heavy atom. The summed E-state index contributed by atoms with van der Waals surface area (Å²) >= 11 is 0. The minimum Gasteiger partial charge on any atom is -0.868 e. The van der Waals surface area contributed by atoms with Crippen LogP contribution in [0.1, 0.15) is 58.3 Å². The van der Waals surface area contributed by atoms with Crippen LogP contribution in [0.25, 0.3) is 0 Å². The van der Waals surface area contributed by atoms with Crippen LogP contribution in [0.3, 0.4) is 0 Å². The maximum absolute atomic E-state index is 12.2. The van der Waals surface area contributed by atoms with Crippen molar-refractivity contribution >= 4 is 5.97 Å². The van der Waals surface area contributed by atoms with E-state index in [1.54, 1.807) is 0 Å². The summed E-state index contributed by atoms with van der Waals surface area (Å²) in [5.74, 6) is -3.47. The van der Waals surface area contributed by atoms with E-state index in [9.17, 15) is 23.1 Å². The van der Waals surface area contributed by atoms with Crippen molar-refractivity contribution in [1.82, 2.24) is 5.32 Å². The molecule has 0 fully saturated rings. The van der Waals surface area contributed by atoms with E-state index in [0.29, 0.717) is 6.42 Å². The molecule has 0 bridgehead atoms. The Morgan fingerprint density at radius 1 is 1.05 bits per heavy atom. The standard InChI is InChI=1S/C15H26F3NO3/c1-3-4-5-6-7-8-9-10-11-22-14(21)12(19-2)13(20)15(16,17)18/h19-20H,3-11H2,1-2H3/p-1/b13-12+. The van der Waals surface area contributed by atoms with Crippen molar-refractivity contribution in [2.24, 2.45) is 0 Å². The first-order chi connectivity index (χ1) is 10.3. The summed E-state index contributed by atoms with van der Waals surface area (Å²) in [4.78, 5) is 11.4.